The van der Waals surface area contributed by atoms with Gasteiger partial charge in [0.25, 0.3) is 0 Å². The zero-order valence-electron chi connectivity index (χ0n) is 14.4. The maximum absolute atomic E-state index is 5.83. The molecular formula is C19H21N3O2S. The number of ether oxygens (including phenoxy) is 2. The smallest absolute Gasteiger partial charge is 0.219 e. The molecule has 0 saturated heterocycles. The van der Waals surface area contributed by atoms with Crippen LogP contribution in [0.25, 0.3) is 0 Å². The molecule has 0 amide bonds. The third-order valence-corrected chi connectivity index (χ3v) is 4.37. The van der Waals surface area contributed by atoms with Crippen LogP contribution in [0.2, 0.25) is 0 Å². The van der Waals surface area contributed by atoms with E-state index in [9.17, 15) is 0 Å². The number of nitrogens with one attached hydrogen (secondary N) is 1. The van der Waals surface area contributed by atoms with Crippen LogP contribution in [-0.2, 0) is 13.1 Å². The average molecular weight is 355 g/mol. The molecule has 3 aromatic rings. The summed E-state index contributed by atoms with van der Waals surface area (Å²) in [5.74, 6) is 1.94. The van der Waals surface area contributed by atoms with Crippen LogP contribution >= 0.6 is 11.3 Å². The number of para-hydroxylation sites is 2. The van der Waals surface area contributed by atoms with E-state index in [2.05, 4.69) is 15.3 Å². The first-order valence-corrected chi connectivity index (χ1v) is 9.03. The van der Waals surface area contributed by atoms with Crippen molar-refractivity contribution in [2.45, 2.75) is 26.9 Å². The average Bonchev–Trinajstić information content (AvgIpc) is 3.04. The normalized spacial score (nSPS) is 10.6. The number of aromatic nitrogens is 2. The number of nitrogens with zero attached hydrogens (tertiary/aromatic N) is 2. The molecule has 1 aromatic carbocycles. The first kappa shape index (κ1) is 17.4. The fraction of sp³-hybridized carbons (Fsp3) is 0.263. The molecule has 0 fully saturated rings. The minimum absolute atomic E-state index is 0.550. The van der Waals surface area contributed by atoms with Crippen molar-refractivity contribution in [1.29, 1.82) is 0 Å². The number of benzene rings is 1. The summed E-state index contributed by atoms with van der Waals surface area (Å²) in [7, 11) is 0. The van der Waals surface area contributed by atoms with Gasteiger partial charge >= 0.3 is 0 Å². The van der Waals surface area contributed by atoms with Gasteiger partial charge in [0.05, 0.1) is 11.6 Å². The molecule has 0 aliphatic rings. The summed E-state index contributed by atoms with van der Waals surface area (Å²) in [6.07, 6.45) is 3.74. The Morgan fingerprint density at radius 2 is 1.84 bits per heavy atom. The fourth-order valence-electron chi connectivity index (χ4n) is 2.31. The number of hydrogen-bond donors (Lipinski definition) is 1. The Hall–Kier alpha value is -2.44. The predicted octanol–water partition coefficient (Wildman–Crippen LogP) is 4.33. The van der Waals surface area contributed by atoms with Crippen molar-refractivity contribution in [3.05, 3.63) is 64.2 Å². The van der Waals surface area contributed by atoms with Crippen molar-refractivity contribution < 1.29 is 9.47 Å². The molecule has 0 spiro atoms. The highest BCUT2D eigenvalue weighted by Gasteiger charge is 2.06. The molecular weight excluding hydrogens is 334 g/mol. The van der Waals surface area contributed by atoms with Crippen molar-refractivity contribution in [3.63, 3.8) is 0 Å². The minimum atomic E-state index is 0.550. The van der Waals surface area contributed by atoms with Crippen LogP contribution in [-0.4, -0.2) is 16.6 Å². The zero-order chi connectivity index (χ0) is 17.5. The van der Waals surface area contributed by atoms with E-state index >= 15 is 0 Å². The Balaban J connectivity index is 1.55. The van der Waals surface area contributed by atoms with Gasteiger partial charge in [0, 0.05) is 36.4 Å². The van der Waals surface area contributed by atoms with E-state index in [-0.39, 0.29) is 0 Å². The summed E-state index contributed by atoms with van der Waals surface area (Å²) in [5.41, 5.74) is 1.10. The molecule has 0 atom stereocenters. The third kappa shape index (κ3) is 5.01. The van der Waals surface area contributed by atoms with E-state index in [1.807, 2.05) is 62.6 Å². The van der Waals surface area contributed by atoms with Crippen LogP contribution in [0.3, 0.4) is 0 Å². The summed E-state index contributed by atoms with van der Waals surface area (Å²) >= 11 is 1.71. The quantitative estimate of drug-likeness (QED) is 0.652. The van der Waals surface area contributed by atoms with Crippen molar-refractivity contribution in [2.24, 2.45) is 0 Å². The lowest BCUT2D eigenvalue weighted by Crippen LogP contribution is -2.11. The van der Waals surface area contributed by atoms with Gasteiger partial charge in [0.15, 0.2) is 11.5 Å². The molecule has 5 nitrogen and oxygen atoms in total. The highest BCUT2D eigenvalue weighted by Crippen LogP contribution is 2.30. The Labute approximate surface area is 151 Å². The molecule has 2 aromatic heterocycles. The van der Waals surface area contributed by atoms with E-state index in [4.69, 9.17) is 9.47 Å². The van der Waals surface area contributed by atoms with Gasteiger partial charge in [0.2, 0.25) is 5.88 Å². The van der Waals surface area contributed by atoms with Crippen LogP contribution in [0, 0.1) is 6.92 Å². The van der Waals surface area contributed by atoms with Crippen molar-refractivity contribution in [1.82, 2.24) is 15.3 Å². The van der Waals surface area contributed by atoms with Crippen LogP contribution in [0.4, 0.5) is 0 Å². The molecule has 0 aliphatic carbocycles. The highest BCUT2D eigenvalue weighted by molar-refractivity contribution is 7.11. The minimum Gasteiger partial charge on any atom is -0.490 e. The lowest BCUT2D eigenvalue weighted by atomic mass is 10.3. The Morgan fingerprint density at radius 3 is 2.52 bits per heavy atom. The molecule has 0 unspecified atom stereocenters. The number of aryl methyl sites for hydroxylation is 1. The first-order chi connectivity index (χ1) is 12.2. The van der Waals surface area contributed by atoms with Gasteiger partial charge in [-0.3, -0.25) is 0 Å². The number of pyridine rings is 1. The number of hydrogen-bond acceptors (Lipinski definition) is 6. The van der Waals surface area contributed by atoms with E-state index in [1.54, 1.807) is 11.3 Å². The summed E-state index contributed by atoms with van der Waals surface area (Å²) < 4.78 is 11.4. The van der Waals surface area contributed by atoms with E-state index in [0.717, 1.165) is 29.4 Å². The largest absolute Gasteiger partial charge is 0.490 e. The third-order valence-electron chi connectivity index (χ3n) is 3.46. The van der Waals surface area contributed by atoms with E-state index in [0.29, 0.717) is 18.2 Å². The van der Waals surface area contributed by atoms with Gasteiger partial charge in [-0.2, -0.15) is 0 Å². The molecule has 0 bridgehead atoms. The monoisotopic (exact) mass is 355 g/mol. The van der Waals surface area contributed by atoms with Crippen molar-refractivity contribution in [3.8, 4) is 17.4 Å². The number of rotatable bonds is 8. The van der Waals surface area contributed by atoms with Gasteiger partial charge < -0.3 is 14.8 Å². The SMILES string of the molecule is CCOc1ccccc1Oc1ccc(CNCc2cnc(C)s2)cn1. The first-order valence-electron chi connectivity index (χ1n) is 8.21. The lowest BCUT2D eigenvalue weighted by Gasteiger charge is -2.11. The second-order valence-corrected chi connectivity index (χ2v) is 6.75. The molecule has 130 valence electrons. The Morgan fingerprint density at radius 1 is 1.00 bits per heavy atom. The lowest BCUT2D eigenvalue weighted by molar-refractivity contribution is 0.319. The molecule has 0 saturated carbocycles. The van der Waals surface area contributed by atoms with Crippen molar-refractivity contribution in [2.75, 3.05) is 6.61 Å². The second kappa shape index (κ2) is 8.60. The van der Waals surface area contributed by atoms with Crippen LogP contribution in [0.15, 0.2) is 48.8 Å². The standard InChI is InChI=1S/C19H21N3O2S/c1-3-23-17-6-4-5-7-18(17)24-19-9-8-15(11-22-19)10-20-12-16-13-21-14(2)25-16/h4-9,11,13,20H,3,10,12H2,1-2H3. The summed E-state index contributed by atoms with van der Waals surface area (Å²) in [6.45, 7) is 6.12. The van der Waals surface area contributed by atoms with Gasteiger partial charge in [0.1, 0.15) is 0 Å². The van der Waals surface area contributed by atoms with E-state index < -0.39 is 0 Å². The molecule has 6 heteroatoms. The fourth-order valence-corrected chi connectivity index (χ4v) is 3.08. The summed E-state index contributed by atoms with van der Waals surface area (Å²) in [4.78, 5) is 9.87. The molecule has 0 aliphatic heterocycles. The van der Waals surface area contributed by atoms with Gasteiger partial charge in [-0.25, -0.2) is 9.97 Å². The maximum Gasteiger partial charge on any atom is 0.219 e. The molecule has 0 radical (unpaired) electrons. The maximum atomic E-state index is 5.83. The van der Waals surface area contributed by atoms with E-state index in [1.165, 1.54) is 4.88 Å². The molecule has 2 heterocycles. The van der Waals surface area contributed by atoms with Gasteiger partial charge in [-0.1, -0.05) is 18.2 Å². The van der Waals surface area contributed by atoms with Gasteiger partial charge in [-0.15, -0.1) is 11.3 Å². The Kier molecular flexibility index (Phi) is 5.98. The van der Waals surface area contributed by atoms with Crippen molar-refractivity contribution >= 4 is 11.3 Å². The molecule has 25 heavy (non-hydrogen) atoms. The Bertz CT molecular complexity index is 802. The van der Waals surface area contributed by atoms with Crippen LogP contribution in [0.1, 0.15) is 22.4 Å². The second-order valence-electron chi connectivity index (χ2n) is 5.44. The highest BCUT2D eigenvalue weighted by atomic mass is 32.1. The topological polar surface area (TPSA) is 56.3 Å². The van der Waals surface area contributed by atoms with Gasteiger partial charge in [-0.05, 0) is 31.5 Å². The number of thiazole rings is 1. The molecule has 1 N–H and O–H groups in total. The predicted molar refractivity (Wildman–Crippen MR) is 99.3 cm³/mol. The summed E-state index contributed by atoms with van der Waals surface area (Å²) in [6, 6.07) is 11.5. The summed E-state index contributed by atoms with van der Waals surface area (Å²) in [5, 5.41) is 4.49. The zero-order valence-corrected chi connectivity index (χ0v) is 15.2. The molecule has 3 rings (SSSR count). The van der Waals surface area contributed by atoms with Crippen LogP contribution in [0.5, 0.6) is 17.4 Å². The van der Waals surface area contributed by atoms with Crippen LogP contribution < -0.4 is 14.8 Å².